The fourth-order valence-corrected chi connectivity index (χ4v) is 2.24. The Labute approximate surface area is 132 Å². The lowest BCUT2D eigenvalue weighted by Crippen LogP contribution is -2.27. The molecule has 0 fully saturated rings. The maximum Gasteiger partial charge on any atom is 0.275 e. The van der Waals surface area contributed by atoms with Crippen molar-refractivity contribution in [2.75, 3.05) is 6.54 Å². The van der Waals surface area contributed by atoms with Crippen molar-refractivity contribution < 1.29 is 4.79 Å². The van der Waals surface area contributed by atoms with Crippen LogP contribution in [0.1, 0.15) is 15.9 Å². The molecule has 0 saturated heterocycles. The van der Waals surface area contributed by atoms with Crippen molar-refractivity contribution in [2.45, 2.75) is 6.42 Å². The Balaban J connectivity index is 1.63. The Kier molecular flexibility index (Phi) is 4.33. The van der Waals surface area contributed by atoms with Gasteiger partial charge in [0, 0.05) is 30.1 Å². The molecule has 2 N–H and O–H groups in total. The number of aromatic nitrogens is 3. The van der Waals surface area contributed by atoms with Crippen LogP contribution < -0.4 is 10.9 Å². The van der Waals surface area contributed by atoms with Gasteiger partial charge in [-0.3, -0.25) is 14.7 Å². The summed E-state index contributed by atoms with van der Waals surface area (Å²) in [5, 5.41) is 5.70. The summed E-state index contributed by atoms with van der Waals surface area (Å²) in [7, 11) is 0. The number of carbonyl (C=O) groups is 1. The van der Waals surface area contributed by atoms with E-state index in [1.807, 2.05) is 24.3 Å². The van der Waals surface area contributed by atoms with Gasteiger partial charge in [-0.15, -0.1) is 0 Å². The summed E-state index contributed by atoms with van der Waals surface area (Å²) in [5.41, 5.74) is 1.05. The fourth-order valence-electron chi connectivity index (χ4n) is 2.24. The molecule has 0 bridgehead atoms. The lowest BCUT2D eigenvalue weighted by atomic mass is 10.2. The predicted molar refractivity (Wildman–Crippen MR) is 86.7 cm³/mol. The minimum absolute atomic E-state index is 0.147. The first kappa shape index (κ1) is 14.8. The smallest absolute Gasteiger partial charge is 0.275 e. The van der Waals surface area contributed by atoms with Crippen LogP contribution in [0.5, 0.6) is 0 Å². The summed E-state index contributed by atoms with van der Waals surface area (Å²) in [5.74, 6) is 0.392. The van der Waals surface area contributed by atoms with Gasteiger partial charge in [0.1, 0.15) is 0 Å². The zero-order chi connectivity index (χ0) is 16.1. The average Bonchev–Trinajstić information content (AvgIpc) is 2.97. The number of pyridine rings is 1. The first-order valence-electron chi connectivity index (χ1n) is 7.29. The number of nitrogens with one attached hydrogen (secondary N) is 2. The number of aromatic amines is 1. The molecule has 23 heavy (non-hydrogen) atoms. The molecule has 0 radical (unpaired) electrons. The van der Waals surface area contributed by atoms with Crippen LogP contribution in [-0.4, -0.2) is 27.2 Å². The largest absolute Gasteiger partial charge is 0.352 e. The molecule has 0 aliphatic rings. The summed E-state index contributed by atoms with van der Waals surface area (Å²) in [6.07, 6.45) is 3.72. The second-order valence-electron chi connectivity index (χ2n) is 5.00. The number of benzene rings is 1. The second-order valence-corrected chi connectivity index (χ2v) is 5.00. The molecule has 6 heteroatoms. The molecule has 3 rings (SSSR count). The van der Waals surface area contributed by atoms with E-state index in [1.165, 1.54) is 4.68 Å². The zero-order valence-electron chi connectivity index (χ0n) is 12.4. The number of rotatable bonds is 5. The van der Waals surface area contributed by atoms with Gasteiger partial charge in [-0.1, -0.05) is 24.3 Å². The van der Waals surface area contributed by atoms with Gasteiger partial charge < -0.3 is 5.32 Å². The van der Waals surface area contributed by atoms with Gasteiger partial charge in [-0.2, -0.15) is 0 Å². The van der Waals surface area contributed by atoms with E-state index in [4.69, 9.17) is 0 Å². The number of nitrogens with zero attached hydrogens (tertiary/aromatic N) is 2. The van der Waals surface area contributed by atoms with Crippen LogP contribution >= 0.6 is 0 Å². The SMILES string of the molecule is O=C(NCCc1c[nH]n(-c2ccccn2)c1=O)c1ccccc1. The molecule has 2 heterocycles. The molecular weight excluding hydrogens is 292 g/mol. The highest BCUT2D eigenvalue weighted by molar-refractivity contribution is 5.94. The Morgan fingerprint density at radius 2 is 1.91 bits per heavy atom. The van der Waals surface area contributed by atoms with Gasteiger partial charge in [0.15, 0.2) is 5.82 Å². The van der Waals surface area contributed by atoms with Crippen LogP contribution in [0.25, 0.3) is 5.82 Å². The van der Waals surface area contributed by atoms with Crippen molar-refractivity contribution in [1.82, 2.24) is 20.1 Å². The van der Waals surface area contributed by atoms with Crippen molar-refractivity contribution in [1.29, 1.82) is 0 Å². The minimum atomic E-state index is -0.155. The topological polar surface area (TPSA) is 79.8 Å². The molecule has 1 aromatic carbocycles. The molecule has 0 unspecified atom stereocenters. The van der Waals surface area contributed by atoms with Crippen molar-refractivity contribution >= 4 is 5.91 Å². The van der Waals surface area contributed by atoms with Crippen molar-refractivity contribution in [3.63, 3.8) is 0 Å². The second kappa shape index (κ2) is 6.74. The quantitative estimate of drug-likeness (QED) is 0.750. The number of amides is 1. The highest BCUT2D eigenvalue weighted by Crippen LogP contribution is 2.01. The Morgan fingerprint density at radius 1 is 1.13 bits per heavy atom. The zero-order valence-corrected chi connectivity index (χ0v) is 12.4. The Hall–Kier alpha value is -3.15. The molecule has 1 amide bonds. The lowest BCUT2D eigenvalue weighted by Gasteiger charge is -2.03. The molecule has 0 spiro atoms. The van der Waals surface area contributed by atoms with Crippen molar-refractivity contribution in [3.8, 4) is 5.82 Å². The molecule has 6 nitrogen and oxygen atoms in total. The van der Waals surface area contributed by atoms with Crippen LogP contribution in [0.3, 0.4) is 0 Å². The summed E-state index contributed by atoms with van der Waals surface area (Å²) in [6, 6.07) is 14.3. The number of carbonyl (C=O) groups excluding carboxylic acids is 1. The summed E-state index contributed by atoms with van der Waals surface area (Å²) in [6.45, 7) is 0.392. The van der Waals surface area contributed by atoms with Crippen LogP contribution in [0.2, 0.25) is 0 Å². The maximum atomic E-state index is 12.3. The van der Waals surface area contributed by atoms with E-state index in [-0.39, 0.29) is 11.5 Å². The van der Waals surface area contributed by atoms with Gasteiger partial charge in [0.2, 0.25) is 0 Å². The summed E-state index contributed by atoms with van der Waals surface area (Å²) < 4.78 is 1.38. The van der Waals surface area contributed by atoms with E-state index in [9.17, 15) is 9.59 Å². The maximum absolute atomic E-state index is 12.3. The highest BCUT2D eigenvalue weighted by Gasteiger charge is 2.09. The first-order valence-corrected chi connectivity index (χ1v) is 7.29. The van der Waals surface area contributed by atoms with Crippen LogP contribution in [-0.2, 0) is 6.42 Å². The van der Waals surface area contributed by atoms with Gasteiger partial charge in [0.25, 0.3) is 11.5 Å². The molecule has 3 aromatic rings. The Morgan fingerprint density at radius 3 is 2.65 bits per heavy atom. The summed E-state index contributed by atoms with van der Waals surface area (Å²) in [4.78, 5) is 28.4. The van der Waals surface area contributed by atoms with E-state index in [0.717, 1.165) is 0 Å². The van der Waals surface area contributed by atoms with Crippen LogP contribution in [0.4, 0.5) is 0 Å². The van der Waals surface area contributed by atoms with E-state index in [0.29, 0.717) is 29.9 Å². The van der Waals surface area contributed by atoms with Crippen LogP contribution in [0, 0.1) is 0 Å². The third-order valence-corrected chi connectivity index (χ3v) is 3.44. The molecule has 0 aliphatic carbocycles. The number of hydrogen-bond acceptors (Lipinski definition) is 3. The standard InChI is InChI=1S/C17H16N4O2/c22-16(13-6-2-1-3-7-13)19-11-9-14-12-20-21(17(14)23)15-8-4-5-10-18-15/h1-8,10,12,20H,9,11H2,(H,19,22). The third kappa shape index (κ3) is 3.37. The van der Waals surface area contributed by atoms with E-state index in [2.05, 4.69) is 15.4 Å². The van der Waals surface area contributed by atoms with Gasteiger partial charge >= 0.3 is 0 Å². The fraction of sp³-hybridized carbons (Fsp3) is 0.118. The first-order chi connectivity index (χ1) is 11.3. The van der Waals surface area contributed by atoms with Gasteiger partial charge in [-0.25, -0.2) is 9.67 Å². The van der Waals surface area contributed by atoms with Crippen LogP contribution in [0.15, 0.2) is 65.7 Å². The molecule has 0 atom stereocenters. The van der Waals surface area contributed by atoms with Crippen molar-refractivity contribution in [3.05, 3.63) is 82.4 Å². The monoisotopic (exact) mass is 308 g/mol. The lowest BCUT2D eigenvalue weighted by molar-refractivity contribution is 0.0954. The molecular formula is C17H16N4O2. The molecule has 116 valence electrons. The summed E-state index contributed by atoms with van der Waals surface area (Å²) >= 11 is 0. The van der Waals surface area contributed by atoms with Crippen molar-refractivity contribution in [2.24, 2.45) is 0 Å². The normalized spacial score (nSPS) is 10.4. The highest BCUT2D eigenvalue weighted by atomic mass is 16.1. The average molecular weight is 308 g/mol. The number of H-pyrrole nitrogens is 1. The Bertz CT molecular complexity index is 838. The van der Waals surface area contributed by atoms with Gasteiger partial charge in [0.05, 0.1) is 0 Å². The minimum Gasteiger partial charge on any atom is -0.352 e. The predicted octanol–water partition coefficient (Wildman–Crippen LogP) is 1.53. The van der Waals surface area contributed by atoms with E-state index >= 15 is 0 Å². The van der Waals surface area contributed by atoms with E-state index in [1.54, 1.807) is 36.7 Å². The molecule has 2 aromatic heterocycles. The van der Waals surface area contributed by atoms with E-state index < -0.39 is 0 Å². The molecule has 0 saturated carbocycles. The van der Waals surface area contributed by atoms with Gasteiger partial charge in [-0.05, 0) is 30.7 Å². The molecule has 0 aliphatic heterocycles. The third-order valence-electron chi connectivity index (χ3n) is 3.44. The number of hydrogen-bond donors (Lipinski definition) is 2.